The molecule has 164 valence electrons. The maximum absolute atomic E-state index is 13.1. The van der Waals surface area contributed by atoms with Gasteiger partial charge >= 0.3 is 6.18 Å². The fourth-order valence-electron chi connectivity index (χ4n) is 3.19. The summed E-state index contributed by atoms with van der Waals surface area (Å²) in [4.78, 5) is 29.1. The van der Waals surface area contributed by atoms with Crippen molar-refractivity contribution in [3.05, 3.63) is 76.3 Å². The lowest BCUT2D eigenvalue weighted by Crippen LogP contribution is -2.24. The highest BCUT2D eigenvalue weighted by atomic mass is 19.4. The zero-order chi connectivity index (χ0) is 22.9. The lowest BCUT2D eigenvalue weighted by molar-refractivity contribution is -0.137. The van der Waals surface area contributed by atoms with Crippen molar-refractivity contribution >= 4 is 22.7 Å². The van der Waals surface area contributed by atoms with E-state index in [1.54, 1.807) is 0 Å². The van der Waals surface area contributed by atoms with Gasteiger partial charge in [0.25, 0.3) is 11.1 Å². The summed E-state index contributed by atoms with van der Waals surface area (Å²) in [5, 5.41) is 6.19. The van der Waals surface area contributed by atoms with Crippen LogP contribution in [-0.4, -0.2) is 20.6 Å². The Kier molecular flexibility index (Phi) is 5.52. The highest BCUT2D eigenvalue weighted by molar-refractivity contribution is 5.91. The van der Waals surface area contributed by atoms with Gasteiger partial charge in [0.05, 0.1) is 17.6 Å². The van der Waals surface area contributed by atoms with Crippen molar-refractivity contribution in [3.63, 3.8) is 0 Å². The zero-order valence-electron chi connectivity index (χ0n) is 16.8. The third-order valence-electron chi connectivity index (χ3n) is 4.86. The molecule has 1 N–H and O–H groups in total. The minimum Gasteiger partial charge on any atom is -0.348 e. The van der Waals surface area contributed by atoms with E-state index in [9.17, 15) is 22.8 Å². The van der Waals surface area contributed by atoms with E-state index >= 15 is 0 Å². The van der Waals surface area contributed by atoms with Gasteiger partial charge in [0.1, 0.15) is 11.2 Å². The summed E-state index contributed by atoms with van der Waals surface area (Å²) in [6.45, 7) is 1.85. The molecule has 0 saturated carbocycles. The molecule has 0 aliphatic carbocycles. The number of hydrogen-bond donors (Lipinski definition) is 1. The minimum atomic E-state index is -4.60. The molecule has 4 aromatic rings. The van der Waals surface area contributed by atoms with Gasteiger partial charge in [0.2, 0.25) is 5.91 Å². The first kappa shape index (κ1) is 21.3. The monoisotopic (exact) mass is 442 g/mol. The molecule has 0 radical (unpaired) electrons. The number of anilines is 1. The van der Waals surface area contributed by atoms with Gasteiger partial charge in [0.15, 0.2) is 0 Å². The van der Waals surface area contributed by atoms with E-state index < -0.39 is 23.2 Å². The molecule has 0 unspecified atom stereocenters. The molecule has 4 rings (SSSR count). The Morgan fingerprint density at radius 2 is 1.84 bits per heavy atom. The van der Waals surface area contributed by atoms with Crippen molar-refractivity contribution in [2.75, 3.05) is 5.32 Å². The number of para-hydroxylation sites is 1. The molecule has 0 bridgehead atoms. The molecule has 1 amide bonds. The maximum Gasteiger partial charge on any atom is 0.418 e. The Morgan fingerprint density at radius 3 is 2.56 bits per heavy atom. The van der Waals surface area contributed by atoms with Gasteiger partial charge in [-0.2, -0.15) is 13.2 Å². The van der Waals surface area contributed by atoms with Crippen LogP contribution in [0.3, 0.4) is 0 Å². The quantitative estimate of drug-likeness (QED) is 0.495. The SMILES string of the molecule is Cc1ccc(-c2noc3c(=O)n(CCC(=O)Nc4ccccc4C(F)(F)F)cnc23)cc1. The normalized spacial score (nSPS) is 11.6. The summed E-state index contributed by atoms with van der Waals surface area (Å²) in [5.74, 6) is -0.674. The lowest BCUT2D eigenvalue weighted by Gasteiger charge is -2.13. The average molecular weight is 442 g/mol. The Balaban J connectivity index is 1.51. The topological polar surface area (TPSA) is 90.0 Å². The molecule has 10 heteroatoms. The number of aromatic nitrogens is 3. The predicted octanol–water partition coefficient (Wildman–Crippen LogP) is 4.41. The second kappa shape index (κ2) is 8.29. The molecule has 0 saturated heterocycles. The van der Waals surface area contributed by atoms with Crippen LogP contribution in [0.15, 0.2) is 64.2 Å². The molecule has 0 fully saturated rings. The second-order valence-electron chi connectivity index (χ2n) is 7.16. The zero-order valence-corrected chi connectivity index (χ0v) is 16.8. The van der Waals surface area contributed by atoms with Crippen molar-refractivity contribution in [2.45, 2.75) is 26.1 Å². The molecule has 2 aromatic carbocycles. The van der Waals surface area contributed by atoms with Crippen LogP contribution in [0.4, 0.5) is 18.9 Å². The van der Waals surface area contributed by atoms with Crippen LogP contribution in [0, 0.1) is 6.92 Å². The number of halogens is 3. The van der Waals surface area contributed by atoms with Crippen LogP contribution in [0.2, 0.25) is 0 Å². The molecule has 0 aliphatic heterocycles. The Bertz CT molecular complexity index is 1340. The van der Waals surface area contributed by atoms with E-state index in [0.717, 1.165) is 21.8 Å². The molecule has 32 heavy (non-hydrogen) atoms. The molecule has 0 spiro atoms. The summed E-state index contributed by atoms with van der Waals surface area (Å²) in [5.41, 5.74) is 0.622. The third-order valence-corrected chi connectivity index (χ3v) is 4.86. The van der Waals surface area contributed by atoms with Crippen LogP contribution in [-0.2, 0) is 17.5 Å². The van der Waals surface area contributed by atoms with Crippen LogP contribution < -0.4 is 10.9 Å². The van der Waals surface area contributed by atoms with E-state index in [0.29, 0.717) is 11.2 Å². The summed E-state index contributed by atoms with van der Waals surface area (Å²) >= 11 is 0. The highest BCUT2D eigenvalue weighted by Gasteiger charge is 2.33. The highest BCUT2D eigenvalue weighted by Crippen LogP contribution is 2.34. The number of benzene rings is 2. The number of fused-ring (bicyclic) bond motifs is 1. The molecule has 7 nitrogen and oxygen atoms in total. The van der Waals surface area contributed by atoms with Gasteiger partial charge < -0.3 is 9.84 Å². The summed E-state index contributed by atoms with van der Waals surface area (Å²) in [7, 11) is 0. The first-order chi connectivity index (χ1) is 15.2. The largest absolute Gasteiger partial charge is 0.418 e. The van der Waals surface area contributed by atoms with Crippen molar-refractivity contribution in [1.29, 1.82) is 0 Å². The van der Waals surface area contributed by atoms with Crippen molar-refractivity contribution < 1.29 is 22.5 Å². The van der Waals surface area contributed by atoms with E-state index in [1.807, 2.05) is 31.2 Å². The van der Waals surface area contributed by atoms with Gasteiger partial charge in [0, 0.05) is 18.5 Å². The Labute approximate surface area is 179 Å². The average Bonchev–Trinajstić information content (AvgIpc) is 3.18. The number of amides is 1. The smallest absolute Gasteiger partial charge is 0.348 e. The maximum atomic E-state index is 13.1. The fourth-order valence-corrected chi connectivity index (χ4v) is 3.19. The number of nitrogens with one attached hydrogen (secondary N) is 1. The van der Waals surface area contributed by atoms with Gasteiger partial charge in [-0.15, -0.1) is 0 Å². The molecule has 0 aliphatic rings. The second-order valence-corrected chi connectivity index (χ2v) is 7.16. The van der Waals surface area contributed by atoms with Crippen LogP contribution in [0.25, 0.3) is 22.4 Å². The van der Waals surface area contributed by atoms with Crippen molar-refractivity contribution in [1.82, 2.24) is 14.7 Å². The molecule has 0 atom stereocenters. The number of hydrogen-bond acceptors (Lipinski definition) is 5. The number of aryl methyl sites for hydroxylation is 2. The Hall–Kier alpha value is -3.95. The summed E-state index contributed by atoms with van der Waals surface area (Å²) < 4.78 is 45.6. The first-order valence-electron chi connectivity index (χ1n) is 9.62. The standard InChI is InChI=1S/C22H17F3N4O3/c1-13-6-8-14(9-7-13)18-19-20(32-28-18)21(31)29(12-26-19)11-10-17(30)27-16-5-3-2-4-15(16)22(23,24)25/h2-9,12H,10-11H2,1H3,(H,27,30). The van der Waals surface area contributed by atoms with Gasteiger partial charge in [-0.3, -0.25) is 14.2 Å². The fraction of sp³-hybridized carbons (Fsp3) is 0.182. The summed E-state index contributed by atoms with van der Waals surface area (Å²) in [6.07, 6.45) is -3.58. The number of alkyl halides is 3. The molecular weight excluding hydrogens is 425 g/mol. The predicted molar refractivity (Wildman–Crippen MR) is 111 cm³/mol. The lowest BCUT2D eigenvalue weighted by atomic mass is 10.1. The van der Waals surface area contributed by atoms with Crippen LogP contribution in [0.1, 0.15) is 17.5 Å². The van der Waals surface area contributed by atoms with E-state index in [1.165, 1.54) is 24.5 Å². The van der Waals surface area contributed by atoms with E-state index in [-0.39, 0.29) is 24.2 Å². The summed E-state index contributed by atoms with van der Waals surface area (Å²) in [6, 6.07) is 12.1. The number of carbonyl (C=O) groups excluding carboxylic acids is 1. The van der Waals surface area contributed by atoms with Gasteiger partial charge in [-0.05, 0) is 19.1 Å². The van der Waals surface area contributed by atoms with Gasteiger partial charge in [-0.25, -0.2) is 4.98 Å². The Morgan fingerprint density at radius 1 is 1.12 bits per heavy atom. The van der Waals surface area contributed by atoms with Crippen molar-refractivity contribution in [2.24, 2.45) is 0 Å². The number of rotatable bonds is 5. The number of nitrogens with zero attached hydrogens (tertiary/aromatic N) is 3. The van der Waals surface area contributed by atoms with Crippen LogP contribution in [0.5, 0.6) is 0 Å². The first-order valence-corrected chi connectivity index (χ1v) is 9.62. The van der Waals surface area contributed by atoms with Gasteiger partial charge in [-0.1, -0.05) is 47.1 Å². The number of carbonyl (C=O) groups is 1. The molecule has 2 heterocycles. The minimum absolute atomic E-state index is 0.0640. The molecular formula is C22H17F3N4O3. The third kappa shape index (κ3) is 4.25. The van der Waals surface area contributed by atoms with Crippen molar-refractivity contribution in [3.8, 4) is 11.3 Å². The van der Waals surface area contributed by atoms with E-state index in [4.69, 9.17) is 4.52 Å². The molecule has 2 aromatic heterocycles. The van der Waals surface area contributed by atoms with Crippen LogP contribution >= 0.6 is 0 Å². The van der Waals surface area contributed by atoms with E-state index in [2.05, 4.69) is 15.5 Å².